The number of hydrazone groups is 1. The highest BCUT2D eigenvalue weighted by Crippen LogP contribution is 2.39. The third kappa shape index (κ3) is 5.50. The molecule has 0 saturated carbocycles. The lowest BCUT2D eigenvalue weighted by atomic mass is 10.0. The molecule has 194 valence electrons. The Morgan fingerprint density at radius 3 is 2.36 bits per heavy atom. The van der Waals surface area contributed by atoms with E-state index in [0.717, 1.165) is 5.39 Å². The summed E-state index contributed by atoms with van der Waals surface area (Å²) >= 11 is 12.4. The molecule has 0 fully saturated rings. The molecule has 5 rings (SSSR count). The molecule has 1 amide bonds. The first-order valence-corrected chi connectivity index (χ1v) is 12.6. The van der Waals surface area contributed by atoms with Crippen LogP contribution in [0.3, 0.4) is 0 Å². The number of rotatable bonds is 7. The van der Waals surface area contributed by atoms with Gasteiger partial charge in [0.2, 0.25) is 0 Å². The molecular weight excluding hydrogens is 537 g/mol. The van der Waals surface area contributed by atoms with E-state index in [1.807, 2.05) is 30.3 Å². The molecule has 39 heavy (non-hydrogen) atoms. The number of methoxy groups -OCH3 is 1. The average Bonchev–Trinajstić information content (AvgIpc) is 3.34. The van der Waals surface area contributed by atoms with Crippen LogP contribution in [-0.4, -0.2) is 30.2 Å². The van der Waals surface area contributed by atoms with Crippen molar-refractivity contribution in [2.24, 2.45) is 5.10 Å². The number of esters is 1. The number of carbonyl (C=O) groups excluding carboxylic acids is 2. The molecule has 7 nitrogen and oxygen atoms in total. The first-order valence-electron chi connectivity index (χ1n) is 11.8. The van der Waals surface area contributed by atoms with E-state index >= 15 is 0 Å². The molecule has 0 aliphatic carbocycles. The lowest BCUT2D eigenvalue weighted by molar-refractivity contribution is 0.0734. The fourth-order valence-electron chi connectivity index (χ4n) is 4.12. The smallest absolute Gasteiger partial charge is 0.343 e. The van der Waals surface area contributed by atoms with Crippen LogP contribution in [-0.2, 0) is 0 Å². The minimum absolute atomic E-state index is 0.266. The number of aromatic amines is 1. The zero-order valence-corrected chi connectivity index (χ0v) is 22.1. The van der Waals surface area contributed by atoms with E-state index in [1.54, 1.807) is 67.8 Å². The van der Waals surface area contributed by atoms with Crippen LogP contribution in [0.5, 0.6) is 11.5 Å². The van der Waals surface area contributed by atoms with Crippen molar-refractivity contribution >= 4 is 52.2 Å². The number of nitrogens with zero attached hydrogens (tertiary/aromatic N) is 1. The maximum absolute atomic E-state index is 13.3. The van der Waals surface area contributed by atoms with Crippen molar-refractivity contribution in [3.05, 3.63) is 118 Å². The van der Waals surface area contributed by atoms with Gasteiger partial charge in [0.05, 0.1) is 24.4 Å². The zero-order chi connectivity index (χ0) is 27.4. The monoisotopic (exact) mass is 557 g/mol. The number of hydrogen-bond acceptors (Lipinski definition) is 5. The number of carbonyl (C=O) groups is 2. The summed E-state index contributed by atoms with van der Waals surface area (Å²) in [6.45, 7) is 0. The Labute approximate surface area is 234 Å². The highest BCUT2D eigenvalue weighted by molar-refractivity contribution is 6.34. The van der Waals surface area contributed by atoms with Crippen molar-refractivity contribution in [2.45, 2.75) is 0 Å². The number of benzene rings is 4. The molecule has 0 saturated heterocycles. The zero-order valence-electron chi connectivity index (χ0n) is 20.6. The summed E-state index contributed by atoms with van der Waals surface area (Å²) in [6.07, 6.45) is 1.40. The van der Waals surface area contributed by atoms with Crippen LogP contribution in [0.25, 0.3) is 22.0 Å². The van der Waals surface area contributed by atoms with E-state index in [9.17, 15) is 9.59 Å². The normalized spacial score (nSPS) is 11.1. The number of hydrogen-bond donors (Lipinski definition) is 2. The number of amides is 1. The van der Waals surface area contributed by atoms with Crippen molar-refractivity contribution in [3.63, 3.8) is 0 Å². The van der Waals surface area contributed by atoms with Gasteiger partial charge in [-0.3, -0.25) is 4.79 Å². The summed E-state index contributed by atoms with van der Waals surface area (Å²) in [6, 6.07) is 26.0. The topological polar surface area (TPSA) is 92.8 Å². The highest BCUT2D eigenvalue weighted by atomic mass is 35.5. The number of nitrogens with one attached hydrogen (secondary N) is 2. The van der Waals surface area contributed by atoms with Gasteiger partial charge < -0.3 is 14.5 Å². The maximum Gasteiger partial charge on any atom is 0.343 e. The Morgan fingerprint density at radius 2 is 1.59 bits per heavy atom. The summed E-state index contributed by atoms with van der Waals surface area (Å²) in [5.41, 5.74) is 5.63. The molecule has 0 unspecified atom stereocenters. The molecule has 9 heteroatoms. The molecule has 4 aromatic carbocycles. The lowest BCUT2D eigenvalue weighted by Crippen LogP contribution is -2.19. The van der Waals surface area contributed by atoms with Gasteiger partial charge in [0, 0.05) is 32.1 Å². The maximum atomic E-state index is 13.3. The van der Waals surface area contributed by atoms with Gasteiger partial charge in [0.25, 0.3) is 5.91 Å². The molecule has 1 aromatic heterocycles. The second-order valence-electron chi connectivity index (χ2n) is 8.37. The van der Waals surface area contributed by atoms with E-state index in [4.69, 9.17) is 32.7 Å². The van der Waals surface area contributed by atoms with E-state index in [2.05, 4.69) is 15.5 Å². The van der Waals surface area contributed by atoms with Crippen LogP contribution in [0.4, 0.5) is 0 Å². The Hall–Kier alpha value is -4.59. The van der Waals surface area contributed by atoms with Crippen LogP contribution in [0, 0.1) is 0 Å². The largest absolute Gasteiger partial charge is 0.495 e. The van der Waals surface area contributed by atoms with Crippen LogP contribution < -0.4 is 14.9 Å². The fourth-order valence-corrected chi connectivity index (χ4v) is 4.47. The molecule has 2 N–H and O–H groups in total. The number of halogens is 2. The molecule has 0 spiro atoms. The number of fused-ring (bicyclic) bond motifs is 1. The molecule has 5 aromatic rings. The van der Waals surface area contributed by atoms with E-state index < -0.39 is 11.9 Å². The van der Waals surface area contributed by atoms with E-state index in [-0.39, 0.29) is 11.4 Å². The van der Waals surface area contributed by atoms with Crippen molar-refractivity contribution < 1.29 is 19.1 Å². The number of ether oxygens (including phenoxy) is 2. The second-order valence-corrected chi connectivity index (χ2v) is 9.21. The van der Waals surface area contributed by atoms with Crippen molar-refractivity contribution in [2.75, 3.05) is 7.11 Å². The first-order chi connectivity index (χ1) is 19.0. The lowest BCUT2D eigenvalue weighted by Gasteiger charge is -2.08. The highest BCUT2D eigenvalue weighted by Gasteiger charge is 2.22. The van der Waals surface area contributed by atoms with Gasteiger partial charge >= 0.3 is 5.97 Å². The van der Waals surface area contributed by atoms with Crippen molar-refractivity contribution in [3.8, 4) is 22.6 Å². The van der Waals surface area contributed by atoms with Gasteiger partial charge in [0.1, 0.15) is 17.2 Å². The van der Waals surface area contributed by atoms with E-state index in [0.29, 0.717) is 43.6 Å². The predicted molar refractivity (Wildman–Crippen MR) is 153 cm³/mol. The minimum atomic E-state index is -0.548. The predicted octanol–water partition coefficient (Wildman–Crippen LogP) is 7.13. The third-order valence-electron chi connectivity index (χ3n) is 5.96. The summed E-state index contributed by atoms with van der Waals surface area (Å²) in [4.78, 5) is 29.1. The van der Waals surface area contributed by atoms with Gasteiger partial charge in [-0.25, -0.2) is 10.2 Å². The summed E-state index contributed by atoms with van der Waals surface area (Å²) in [5.74, 6) is -0.176. The SMILES string of the molecule is COc1cccc2c(-c3ccccc3Cl)c(C(=O)NN=Cc3ccccc3OC(=O)c3ccc(Cl)cc3)[nH]c12. The van der Waals surface area contributed by atoms with Crippen LogP contribution in [0.2, 0.25) is 10.0 Å². The van der Waals surface area contributed by atoms with Gasteiger partial charge in [-0.15, -0.1) is 0 Å². The molecule has 0 atom stereocenters. The molecule has 0 aliphatic rings. The molecular formula is C30H21Cl2N3O4. The van der Waals surface area contributed by atoms with Crippen molar-refractivity contribution in [1.29, 1.82) is 0 Å². The molecule has 1 heterocycles. The number of para-hydroxylation sites is 2. The Morgan fingerprint density at radius 1 is 0.872 bits per heavy atom. The quantitative estimate of drug-likeness (QED) is 0.0962. The number of aromatic nitrogens is 1. The van der Waals surface area contributed by atoms with Gasteiger partial charge in [-0.2, -0.15) is 5.10 Å². The van der Waals surface area contributed by atoms with Gasteiger partial charge in [0.15, 0.2) is 0 Å². The van der Waals surface area contributed by atoms with Crippen LogP contribution in [0.1, 0.15) is 26.4 Å². The summed E-state index contributed by atoms with van der Waals surface area (Å²) in [5, 5.41) is 5.91. The average molecular weight is 558 g/mol. The minimum Gasteiger partial charge on any atom is -0.495 e. The standard InChI is InChI=1S/C30H21Cl2N3O4/c1-38-25-12-6-9-22-26(21-8-3-4-10-23(21)32)28(34-27(22)25)29(36)35-33-17-19-7-2-5-11-24(19)39-30(37)18-13-15-20(31)16-14-18/h2-17,34H,1H3,(H,35,36). The van der Waals surface area contributed by atoms with Crippen LogP contribution >= 0.6 is 23.2 Å². The summed E-state index contributed by atoms with van der Waals surface area (Å²) < 4.78 is 11.0. The van der Waals surface area contributed by atoms with Crippen molar-refractivity contribution in [1.82, 2.24) is 10.4 Å². The fraction of sp³-hybridized carbons (Fsp3) is 0.0333. The summed E-state index contributed by atoms with van der Waals surface area (Å²) in [7, 11) is 1.56. The Kier molecular flexibility index (Phi) is 7.63. The Bertz CT molecular complexity index is 1710. The first kappa shape index (κ1) is 26.0. The number of H-pyrrole nitrogens is 1. The second kappa shape index (κ2) is 11.4. The van der Waals surface area contributed by atoms with Gasteiger partial charge in [-0.1, -0.05) is 65.7 Å². The van der Waals surface area contributed by atoms with E-state index in [1.165, 1.54) is 6.21 Å². The van der Waals surface area contributed by atoms with Crippen LogP contribution in [0.15, 0.2) is 96.1 Å². The third-order valence-corrected chi connectivity index (χ3v) is 6.54. The van der Waals surface area contributed by atoms with Gasteiger partial charge in [-0.05, 0) is 48.5 Å². The Balaban J connectivity index is 1.42. The molecule has 0 radical (unpaired) electrons. The molecule has 0 bridgehead atoms. The molecule has 0 aliphatic heterocycles.